The maximum Gasteiger partial charge on any atom is 0.349 e. The predicted molar refractivity (Wildman–Crippen MR) is 127 cm³/mol. The van der Waals surface area contributed by atoms with E-state index in [1.54, 1.807) is 26.8 Å². The Morgan fingerprint density at radius 2 is 1.74 bits per heavy atom. The smallest absolute Gasteiger partial charge is 0.349 e. The van der Waals surface area contributed by atoms with Gasteiger partial charge in [0.25, 0.3) is 0 Å². The molecule has 0 aliphatic carbocycles. The zero-order valence-corrected chi connectivity index (χ0v) is 22.1. The van der Waals surface area contributed by atoms with Gasteiger partial charge in [-0.2, -0.15) is 0 Å². The van der Waals surface area contributed by atoms with Crippen molar-refractivity contribution >= 4 is 67.2 Å². The number of carbonyl (C=O) groups excluding carboxylic acids is 2. The number of carbonyl (C=O) groups is 2. The summed E-state index contributed by atoms with van der Waals surface area (Å²) in [6.45, 7) is 5.81. The molecule has 2 aromatic rings. The largest absolute Gasteiger partial charge is 0.744 e. The molecule has 0 atom stereocenters. The first-order valence-corrected chi connectivity index (χ1v) is 12.5. The van der Waals surface area contributed by atoms with Gasteiger partial charge in [-0.25, -0.2) is 18.0 Å². The Kier molecular flexibility index (Phi) is 8.33. The number of aryl methyl sites for hydroxylation is 1. The van der Waals surface area contributed by atoms with Gasteiger partial charge in [0.15, 0.2) is 6.61 Å². The van der Waals surface area contributed by atoms with Crippen LogP contribution in [0.2, 0.25) is 0 Å². The van der Waals surface area contributed by atoms with Gasteiger partial charge < -0.3 is 19.1 Å². The van der Waals surface area contributed by atoms with Crippen LogP contribution in [-0.4, -0.2) is 36.6 Å². The molecule has 31 heavy (non-hydrogen) atoms. The zero-order chi connectivity index (χ0) is 23.7. The highest BCUT2D eigenvalue weighted by atomic mass is 127. The molecule has 0 aliphatic rings. The third-order valence-corrected chi connectivity index (χ3v) is 7.23. The lowest BCUT2D eigenvalue weighted by Gasteiger charge is -2.19. The van der Waals surface area contributed by atoms with Gasteiger partial charge in [-0.3, -0.25) is 0 Å². The highest BCUT2D eigenvalue weighted by Crippen LogP contribution is 2.32. The van der Waals surface area contributed by atoms with Gasteiger partial charge in [0.1, 0.15) is 27.2 Å². The zero-order valence-electron chi connectivity index (χ0n) is 17.0. The number of halogens is 2. The van der Waals surface area contributed by atoms with Crippen LogP contribution in [0.5, 0.6) is 11.5 Å². The van der Waals surface area contributed by atoms with Gasteiger partial charge in [0.05, 0.1) is 8.47 Å². The molecular formula is C20H19I2O8S-. The normalized spacial score (nSPS) is 11.5. The first-order valence-electron chi connectivity index (χ1n) is 8.89. The van der Waals surface area contributed by atoms with Gasteiger partial charge in [-0.05, 0) is 99.8 Å². The number of phenolic OH excluding ortho intramolecular Hbond substituents is 1. The quantitative estimate of drug-likeness (QED) is 0.211. The van der Waals surface area contributed by atoms with Crippen LogP contribution in [-0.2, 0) is 19.6 Å². The minimum Gasteiger partial charge on any atom is -0.744 e. The minimum absolute atomic E-state index is 0.0348. The van der Waals surface area contributed by atoms with E-state index in [4.69, 9.17) is 9.47 Å². The van der Waals surface area contributed by atoms with E-state index in [1.807, 2.05) is 45.2 Å². The summed E-state index contributed by atoms with van der Waals surface area (Å²) in [6.07, 6.45) is 0. The van der Waals surface area contributed by atoms with Gasteiger partial charge in [0.2, 0.25) is 0 Å². The molecule has 0 saturated heterocycles. The summed E-state index contributed by atoms with van der Waals surface area (Å²) >= 11 is 3.91. The van der Waals surface area contributed by atoms with Crippen LogP contribution < -0.4 is 4.74 Å². The molecule has 0 radical (unpaired) electrons. The van der Waals surface area contributed by atoms with E-state index in [-0.39, 0.29) is 39.0 Å². The third kappa shape index (κ3) is 6.08. The van der Waals surface area contributed by atoms with Crippen LogP contribution in [0.15, 0.2) is 23.1 Å². The van der Waals surface area contributed by atoms with Crippen LogP contribution >= 0.6 is 45.2 Å². The molecule has 0 bridgehead atoms. The Morgan fingerprint density at radius 3 is 2.29 bits per heavy atom. The first-order chi connectivity index (χ1) is 14.2. The second-order valence-electron chi connectivity index (χ2n) is 7.00. The molecule has 11 heteroatoms. The number of hydrogen-bond donors (Lipinski definition) is 1. The van der Waals surface area contributed by atoms with E-state index in [0.29, 0.717) is 9.13 Å². The van der Waals surface area contributed by atoms with Gasteiger partial charge in [-0.1, -0.05) is 13.8 Å². The van der Waals surface area contributed by atoms with Gasteiger partial charge in [-0.15, -0.1) is 0 Å². The predicted octanol–water partition coefficient (Wildman–Crippen LogP) is 4.01. The van der Waals surface area contributed by atoms with Crippen molar-refractivity contribution in [1.82, 2.24) is 0 Å². The molecular weight excluding hydrogens is 654 g/mol. The average Bonchev–Trinajstić information content (AvgIpc) is 2.65. The van der Waals surface area contributed by atoms with Crippen molar-refractivity contribution in [3.8, 4) is 11.5 Å². The van der Waals surface area contributed by atoms with Crippen molar-refractivity contribution in [3.05, 3.63) is 47.6 Å². The molecule has 168 valence electrons. The number of esters is 2. The number of aromatic hydroxyl groups is 1. The summed E-state index contributed by atoms with van der Waals surface area (Å²) in [5.41, 5.74) is 0.963. The van der Waals surface area contributed by atoms with E-state index in [0.717, 1.165) is 9.64 Å². The average molecular weight is 673 g/mol. The van der Waals surface area contributed by atoms with E-state index in [1.165, 1.54) is 13.0 Å². The Balaban J connectivity index is 2.21. The van der Waals surface area contributed by atoms with Crippen molar-refractivity contribution in [2.24, 2.45) is 0 Å². The molecule has 0 saturated carbocycles. The van der Waals surface area contributed by atoms with Crippen molar-refractivity contribution in [2.75, 3.05) is 6.61 Å². The third-order valence-electron chi connectivity index (χ3n) is 4.40. The molecule has 2 rings (SSSR count). The van der Waals surface area contributed by atoms with Crippen molar-refractivity contribution in [2.45, 2.75) is 38.5 Å². The fourth-order valence-electron chi connectivity index (χ4n) is 2.76. The summed E-state index contributed by atoms with van der Waals surface area (Å²) in [6, 6.07) is 4.18. The molecule has 0 spiro atoms. The SMILES string of the molecule is Cc1cc(S(=O)(=O)[O-])c(C(C)C)cc1OC(=O)COC(=O)c1c(C)c(I)cc(I)c1O. The monoisotopic (exact) mass is 673 g/mol. The molecule has 8 nitrogen and oxygen atoms in total. The topological polar surface area (TPSA) is 130 Å². The van der Waals surface area contributed by atoms with E-state index in [2.05, 4.69) is 0 Å². The summed E-state index contributed by atoms with van der Waals surface area (Å²) in [4.78, 5) is 24.3. The summed E-state index contributed by atoms with van der Waals surface area (Å²) in [5.74, 6) is -2.27. The van der Waals surface area contributed by atoms with Gasteiger partial charge >= 0.3 is 11.9 Å². The lowest BCUT2D eigenvalue weighted by molar-refractivity contribution is -0.137. The van der Waals surface area contributed by atoms with Crippen LogP contribution in [0.1, 0.15) is 46.8 Å². The van der Waals surface area contributed by atoms with Crippen LogP contribution in [0, 0.1) is 21.0 Å². The first kappa shape index (κ1) is 25.8. The summed E-state index contributed by atoms with van der Waals surface area (Å²) in [7, 11) is -4.70. The maximum absolute atomic E-state index is 12.4. The highest BCUT2D eigenvalue weighted by molar-refractivity contribution is 14.1. The van der Waals surface area contributed by atoms with Crippen molar-refractivity contribution < 1.29 is 37.1 Å². The Bertz CT molecular complexity index is 1130. The fourth-order valence-corrected chi connectivity index (χ4v) is 5.42. The number of benzene rings is 2. The Hall–Kier alpha value is -1.45. The van der Waals surface area contributed by atoms with Crippen LogP contribution in [0.25, 0.3) is 0 Å². The van der Waals surface area contributed by atoms with E-state index in [9.17, 15) is 27.7 Å². The molecule has 0 aromatic heterocycles. The molecule has 0 heterocycles. The van der Waals surface area contributed by atoms with Gasteiger partial charge in [0, 0.05) is 3.57 Å². The number of hydrogen-bond acceptors (Lipinski definition) is 8. The van der Waals surface area contributed by atoms with E-state index >= 15 is 0 Å². The van der Waals surface area contributed by atoms with Crippen LogP contribution in [0.3, 0.4) is 0 Å². The molecule has 1 N–H and O–H groups in total. The van der Waals surface area contributed by atoms with E-state index < -0.39 is 28.7 Å². The molecule has 2 aromatic carbocycles. The molecule has 0 aliphatic heterocycles. The molecule has 0 fully saturated rings. The lowest BCUT2D eigenvalue weighted by atomic mass is 10.0. The fraction of sp³-hybridized carbons (Fsp3) is 0.300. The highest BCUT2D eigenvalue weighted by Gasteiger charge is 2.22. The molecule has 0 amide bonds. The Labute approximate surface area is 207 Å². The lowest BCUT2D eigenvalue weighted by Crippen LogP contribution is -2.20. The molecule has 0 unspecified atom stereocenters. The number of phenols is 1. The summed E-state index contributed by atoms with van der Waals surface area (Å²) < 4.78 is 46.0. The van der Waals surface area contributed by atoms with Crippen molar-refractivity contribution in [1.29, 1.82) is 0 Å². The second-order valence-corrected chi connectivity index (χ2v) is 10.7. The Morgan fingerprint density at radius 1 is 1.13 bits per heavy atom. The standard InChI is InChI=1S/C20H20I2O8S/c1-9(2)12-6-15(10(3)5-16(12)31(26,27)28)30-17(23)8-29-20(25)18-11(4)13(21)7-14(22)19(18)24/h5-7,9,24H,8H2,1-4H3,(H,26,27,28)/p-1. The number of rotatable bonds is 6. The van der Waals surface area contributed by atoms with Crippen molar-refractivity contribution in [3.63, 3.8) is 0 Å². The maximum atomic E-state index is 12.4. The minimum atomic E-state index is -4.70. The number of ether oxygens (including phenoxy) is 2. The second kappa shape index (κ2) is 10.0. The summed E-state index contributed by atoms with van der Waals surface area (Å²) in [5, 5.41) is 10.2. The van der Waals surface area contributed by atoms with Crippen LogP contribution in [0.4, 0.5) is 0 Å².